The summed E-state index contributed by atoms with van der Waals surface area (Å²) in [5.74, 6) is -0.194. The van der Waals surface area contributed by atoms with Crippen molar-refractivity contribution in [1.82, 2.24) is 20.3 Å². The van der Waals surface area contributed by atoms with Crippen LogP contribution in [-0.2, 0) is 6.54 Å². The molecule has 0 aliphatic rings. The summed E-state index contributed by atoms with van der Waals surface area (Å²) in [4.78, 5) is 23.0. The molecule has 0 unspecified atom stereocenters. The van der Waals surface area contributed by atoms with E-state index in [1.807, 2.05) is 24.3 Å². The second-order valence-electron chi connectivity index (χ2n) is 4.18. The lowest BCUT2D eigenvalue weighted by atomic mass is 10.1. The van der Waals surface area contributed by atoms with Gasteiger partial charge in [-0.3, -0.25) is 9.78 Å². The highest BCUT2D eigenvalue weighted by atomic mass is 16.1. The molecule has 1 aromatic carbocycles. The number of carbonyl (C=O) groups is 1. The largest absolute Gasteiger partial charge is 0.347 e. The van der Waals surface area contributed by atoms with Crippen LogP contribution in [0, 0.1) is 0 Å². The van der Waals surface area contributed by atoms with Gasteiger partial charge in [0.25, 0.3) is 5.91 Å². The fraction of sp³-hybridized carbons (Fsp3) is 0.0714. The molecule has 3 rings (SSSR count). The van der Waals surface area contributed by atoms with Crippen LogP contribution in [0.2, 0.25) is 0 Å². The van der Waals surface area contributed by atoms with Gasteiger partial charge in [-0.2, -0.15) is 0 Å². The Balaban J connectivity index is 1.77. The summed E-state index contributed by atoms with van der Waals surface area (Å²) in [5, 5.41) is 4.82. The topological polar surface area (TPSA) is 70.7 Å². The van der Waals surface area contributed by atoms with Crippen molar-refractivity contribution in [2.24, 2.45) is 0 Å². The third-order valence-electron chi connectivity index (χ3n) is 2.86. The Morgan fingerprint density at radius 3 is 2.84 bits per heavy atom. The number of rotatable bonds is 3. The number of fused-ring (bicyclic) bond motifs is 1. The van der Waals surface area contributed by atoms with E-state index in [2.05, 4.69) is 20.3 Å². The molecular formula is C14H12N4O. The molecule has 0 fully saturated rings. The number of hydrogen-bond donors (Lipinski definition) is 2. The summed E-state index contributed by atoms with van der Waals surface area (Å²) in [6, 6.07) is 9.60. The quantitative estimate of drug-likeness (QED) is 0.747. The van der Waals surface area contributed by atoms with Crippen molar-refractivity contribution in [3.63, 3.8) is 0 Å². The number of imidazole rings is 1. The average Bonchev–Trinajstić information content (AvgIpc) is 2.97. The molecule has 0 saturated heterocycles. The zero-order chi connectivity index (χ0) is 13.1. The predicted octanol–water partition coefficient (Wildman–Crippen LogP) is 1.89. The fourth-order valence-corrected chi connectivity index (χ4v) is 1.86. The van der Waals surface area contributed by atoms with E-state index in [4.69, 9.17) is 0 Å². The molecule has 2 heterocycles. The van der Waals surface area contributed by atoms with Gasteiger partial charge in [0.1, 0.15) is 5.69 Å². The minimum atomic E-state index is -0.194. The van der Waals surface area contributed by atoms with Crippen molar-refractivity contribution < 1.29 is 4.79 Å². The highest BCUT2D eigenvalue weighted by molar-refractivity contribution is 5.96. The van der Waals surface area contributed by atoms with Gasteiger partial charge in [0, 0.05) is 17.8 Å². The maximum atomic E-state index is 12.0. The molecule has 94 valence electrons. The van der Waals surface area contributed by atoms with Crippen molar-refractivity contribution in [2.45, 2.75) is 6.54 Å². The second kappa shape index (κ2) is 4.89. The molecule has 0 atom stereocenters. The van der Waals surface area contributed by atoms with E-state index < -0.39 is 0 Å². The Morgan fingerprint density at radius 2 is 2.05 bits per heavy atom. The van der Waals surface area contributed by atoms with Gasteiger partial charge in [-0.15, -0.1) is 0 Å². The number of benzene rings is 1. The van der Waals surface area contributed by atoms with Gasteiger partial charge >= 0.3 is 0 Å². The first-order valence-electron chi connectivity index (χ1n) is 5.93. The number of aromatic nitrogens is 3. The normalized spacial score (nSPS) is 10.5. The first-order valence-corrected chi connectivity index (χ1v) is 5.93. The lowest BCUT2D eigenvalue weighted by Gasteiger charge is -2.04. The molecule has 5 nitrogen and oxygen atoms in total. The minimum absolute atomic E-state index is 0.194. The summed E-state index contributed by atoms with van der Waals surface area (Å²) in [6.45, 7) is 0.410. The predicted molar refractivity (Wildman–Crippen MR) is 71.5 cm³/mol. The van der Waals surface area contributed by atoms with Crippen molar-refractivity contribution in [3.05, 3.63) is 60.4 Å². The minimum Gasteiger partial charge on any atom is -0.347 e. The van der Waals surface area contributed by atoms with Gasteiger partial charge in [-0.25, -0.2) is 4.98 Å². The van der Waals surface area contributed by atoms with E-state index in [9.17, 15) is 4.79 Å². The van der Waals surface area contributed by atoms with Crippen molar-refractivity contribution in [1.29, 1.82) is 0 Å². The number of nitrogens with zero attached hydrogens (tertiary/aromatic N) is 2. The number of hydrogen-bond acceptors (Lipinski definition) is 3. The number of amides is 1. The standard InChI is InChI=1S/C14H12N4O/c19-14(17-8-12-7-15-9-18-12)13-5-10-3-1-2-4-11(10)6-16-13/h1-7,9H,8H2,(H,15,18)(H,17,19). The van der Waals surface area contributed by atoms with Crippen LogP contribution < -0.4 is 5.32 Å². The molecule has 0 radical (unpaired) electrons. The van der Waals surface area contributed by atoms with E-state index >= 15 is 0 Å². The Morgan fingerprint density at radius 1 is 1.21 bits per heavy atom. The van der Waals surface area contributed by atoms with Crippen LogP contribution in [0.15, 0.2) is 49.1 Å². The van der Waals surface area contributed by atoms with Crippen LogP contribution in [0.1, 0.15) is 16.2 Å². The number of nitrogens with one attached hydrogen (secondary N) is 2. The maximum Gasteiger partial charge on any atom is 0.270 e. The van der Waals surface area contributed by atoms with Crippen molar-refractivity contribution in [3.8, 4) is 0 Å². The monoisotopic (exact) mass is 252 g/mol. The summed E-state index contributed by atoms with van der Waals surface area (Å²) < 4.78 is 0. The van der Waals surface area contributed by atoms with E-state index in [0.29, 0.717) is 12.2 Å². The molecule has 2 N–H and O–H groups in total. The molecule has 0 aliphatic carbocycles. The van der Waals surface area contributed by atoms with Gasteiger partial charge in [0.2, 0.25) is 0 Å². The molecule has 0 saturated carbocycles. The number of aromatic amines is 1. The second-order valence-corrected chi connectivity index (χ2v) is 4.18. The average molecular weight is 252 g/mol. The van der Waals surface area contributed by atoms with Crippen LogP contribution in [-0.4, -0.2) is 20.9 Å². The Hall–Kier alpha value is -2.69. The zero-order valence-electron chi connectivity index (χ0n) is 10.1. The molecule has 2 aromatic heterocycles. The SMILES string of the molecule is O=C(NCc1cnc[nH]1)c1cc2ccccc2cn1. The highest BCUT2D eigenvalue weighted by Crippen LogP contribution is 2.13. The summed E-state index contributed by atoms with van der Waals surface area (Å²) in [5.41, 5.74) is 1.27. The number of pyridine rings is 1. The molecular weight excluding hydrogens is 240 g/mol. The van der Waals surface area contributed by atoms with E-state index in [1.54, 1.807) is 24.8 Å². The third kappa shape index (κ3) is 2.44. The third-order valence-corrected chi connectivity index (χ3v) is 2.86. The van der Waals surface area contributed by atoms with Crippen LogP contribution in [0.5, 0.6) is 0 Å². The smallest absolute Gasteiger partial charge is 0.270 e. The van der Waals surface area contributed by atoms with Gasteiger partial charge in [-0.1, -0.05) is 24.3 Å². The lowest BCUT2D eigenvalue weighted by molar-refractivity contribution is 0.0945. The molecule has 3 aromatic rings. The van der Waals surface area contributed by atoms with Crippen LogP contribution >= 0.6 is 0 Å². The molecule has 0 spiro atoms. The van der Waals surface area contributed by atoms with Gasteiger partial charge in [0.05, 0.1) is 18.6 Å². The summed E-state index contributed by atoms with van der Waals surface area (Å²) in [7, 11) is 0. The first kappa shape index (κ1) is 11.4. The molecule has 5 heteroatoms. The molecule has 19 heavy (non-hydrogen) atoms. The molecule has 1 amide bonds. The highest BCUT2D eigenvalue weighted by Gasteiger charge is 2.07. The van der Waals surface area contributed by atoms with Crippen LogP contribution in [0.3, 0.4) is 0 Å². The van der Waals surface area contributed by atoms with Gasteiger partial charge in [0.15, 0.2) is 0 Å². The van der Waals surface area contributed by atoms with E-state index in [-0.39, 0.29) is 5.91 Å². The Bertz CT molecular complexity index is 706. The zero-order valence-corrected chi connectivity index (χ0v) is 10.1. The van der Waals surface area contributed by atoms with Crippen LogP contribution in [0.4, 0.5) is 0 Å². The van der Waals surface area contributed by atoms with Gasteiger partial charge in [-0.05, 0) is 11.5 Å². The maximum absolute atomic E-state index is 12.0. The van der Waals surface area contributed by atoms with Gasteiger partial charge < -0.3 is 10.3 Å². The number of H-pyrrole nitrogens is 1. The summed E-state index contributed by atoms with van der Waals surface area (Å²) >= 11 is 0. The summed E-state index contributed by atoms with van der Waals surface area (Å²) in [6.07, 6.45) is 4.96. The van der Waals surface area contributed by atoms with Crippen LogP contribution in [0.25, 0.3) is 10.8 Å². The first-order chi connectivity index (χ1) is 9.33. The molecule has 0 aliphatic heterocycles. The molecule has 0 bridgehead atoms. The van der Waals surface area contributed by atoms with Crippen molar-refractivity contribution >= 4 is 16.7 Å². The van der Waals surface area contributed by atoms with E-state index in [0.717, 1.165) is 16.5 Å². The Labute approximate surface area is 109 Å². The van der Waals surface area contributed by atoms with Crippen molar-refractivity contribution in [2.75, 3.05) is 0 Å². The lowest BCUT2D eigenvalue weighted by Crippen LogP contribution is -2.23. The Kier molecular flexibility index (Phi) is 2.94. The fourth-order valence-electron chi connectivity index (χ4n) is 1.86. The number of carbonyl (C=O) groups excluding carboxylic acids is 1. The van der Waals surface area contributed by atoms with E-state index in [1.165, 1.54) is 0 Å².